The smallest absolute Gasteiger partial charge is 0.270 e. The van der Waals surface area contributed by atoms with Crippen molar-refractivity contribution in [3.63, 3.8) is 0 Å². The minimum Gasteiger partial charge on any atom is -0.345 e. The second kappa shape index (κ2) is 5.66. The van der Waals surface area contributed by atoms with Crippen LogP contribution in [0.15, 0.2) is 23.5 Å². The number of aromatic nitrogens is 4. The Kier molecular flexibility index (Phi) is 4.09. The molecule has 0 unspecified atom stereocenters. The van der Waals surface area contributed by atoms with Crippen molar-refractivity contribution in [2.45, 2.75) is 11.4 Å². The standard InChI is InChI=1S/C11H16N6O3S/c1-12-21(19,20)8-4-9(16(2)5-8)11(18)17(3)6-10-13-7-14-15-10/h4-5,7,12H,6H2,1-3H3,(H,13,14,15). The van der Waals surface area contributed by atoms with E-state index in [0.717, 1.165) is 0 Å². The Morgan fingerprint density at radius 1 is 1.52 bits per heavy atom. The van der Waals surface area contributed by atoms with Crippen molar-refractivity contribution < 1.29 is 13.2 Å². The molecule has 0 aliphatic carbocycles. The summed E-state index contributed by atoms with van der Waals surface area (Å²) in [5.74, 6) is 0.231. The maximum absolute atomic E-state index is 12.3. The highest BCUT2D eigenvalue weighted by Crippen LogP contribution is 2.15. The molecule has 0 bridgehead atoms. The zero-order chi connectivity index (χ0) is 15.6. The third-order valence-corrected chi connectivity index (χ3v) is 4.36. The van der Waals surface area contributed by atoms with Crippen molar-refractivity contribution in [2.75, 3.05) is 14.1 Å². The van der Waals surface area contributed by atoms with Crippen LogP contribution in [-0.4, -0.2) is 53.1 Å². The molecule has 0 fully saturated rings. The van der Waals surface area contributed by atoms with Crippen molar-refractivity contribution in [1.82, 2.24) is 29.4 Å². The Morgan fingerprint density at radius 2 is 2.24 bits per heavy atom. The molecule has 0 aliphatic heterocycles. The van der Waals surface area contributed by atoms with Gasteiger partial charge in [-0.1, -0.05) is 0 Å². The third-order valence-electron chi connectivity index (χ3n) is 2.98. The molecule has 2 rings (SSSR count). The lowest BCUT2D eigenvalue weighted by Gasteiger charge is -2.15. The number of aromatic amines is 1. The van der Waals surface area contributed by atoms with E-state index in [1.54, 1.807) is 14.1 Å². The fourth-order valence-electron chi connectivity index (χ4n) is 1.81. The summed E-state index contributed by atoms with van der Waals surface area (Å²) < 4.78 is 27.2. The zero-order valence-corrected chi connectivity index (χ0v) is 12.7. The number of aryl methyl sites for hydroxylation is 1. The molecule has 21 heavy (non-hydrogen) atoms. The van der Waals surface area contributed by atoms with Gasteiger partial charge in [-0.2, -0.15) is 5.10 Å². The number of amides is 1. The first-order valence-electron chi connectivity index (χ1n) is 6.04. The first kappa shape index (κ1) is 15.2. The molecule has 0 aliphatic rings. The molecular weight excluding hydrogens is 296 g/mol. The van der Waals surface area contributed by atoms with Gasteiger partial charge in [0.25, 0.3) is 5.91 Å². The number of nitrogens with one attached hydrogen (secondary N) is 2. The lowest BCUT2D eigenvalue weighted by Crippen LogP contribution is -2.28. The van der Waals surface area contributed by atoms with Crippen LogP contribution in [0.3, 0.4) is 0 Å². The number of nitrogens with zero attached hydrogens (tertiary/aromatic N) is 4. The molecule has 1 amide bonds. The summed E-state index contributed by atoms with van der Waals surface area (Å²) in [5, 5.41) is 6.37. The first-order chi connectivity index (χ1) is 9.85. The van der Waals surface area contributed by atoms with Gasteiger partial charge in [-0.15, -0.1) is 0 Å². The molecular formula is C11H16N6O3S. The highest BCUT2D eigenvalue weighted by atomic mass is 32.2. The van der Waals surface area contributed by atoms with Crippen LogP contribution in [0, 0.1) is 0 Å². The van der Waals surface area contributed by atoms with Crippen LogP contribution < -0.4 is 4.72 Å². The molecule has 2 aromatic heterocycles. The van der Waals surface area contributed by atoms with Crippen LogP contribution in [0.2, 0.25) is 0 Å². The molecule has 114 valence electrons. The van der Waals surface area contributed by atoms with Crippen molar-refractivity contribution in [3.8, 4) is 0 Å². The Labute approximate surface area is 122 Å². The average molecular weight is 312 g/mol. The molecule has 2 aromatic rings. The van der Waals surface area contributed by atoms with Crippen LogP contribution in [0.25, 0.3) is 0 Å². The number of carbonyl (C=O) groups excluding carboxylic acids is 1. The third kappa shape index (κ3) is 3.11. The molecule has 0 saturated carbocycles. The number of hydrogen-bond donors (Lipinski definition) is 2. The summed E-state index contributed by atoms with van der Waals surface area (Å²) >= 11 is 0. The van der Waals surface area contributed by atoms with Gasteiger partial charge in [0.1, 0.15) is 22.7 Å². The molecule has 10 heteroatoms. The van der Waals surface area contributed by atoms with Gasteiger partial charge in [-0.25, -0.2) is 18.1 Å². The molecule has 0 spiro atoms. The summed E-state index contributed by atoms with van der Waals surface area (Å²) in [7, 11) is 0.957. The highest BCUT2D eigenvalue weighted by Gasteiger charge is 2.21. The van der Waals surface area contributed by atoms with Gasteiger partial charge in [-0.05, 0) is 13.1 Å². The monoisotopic (exact) mass is 312 g/mol. The van der Waals surface area contributed by atoms with Gasteiger partial charge < -0.3 is 9.47 Å². The Morgan fingerprint density at radius 3 is 2.81 bits per heavy atom. The summed E-state index contributed by atoms with van der Waals surface area (Å²) in [6, 6.07) is 1.34. The zero-order valence-electron chi connectivity index (χ0n) is 11.9. The fraction of sp³-hybridized carbons (Fsp3) is 0.364. The second-order valence-corrected chi connectivity index (χ2v) is 6.36. The maximum atomic E-state index is 12.3. The number of H-pyrrole nitrogens is 1. The summed E-state index contributed by atoms with van der Waals surface area (Å²) in [4.78, 5) is 17.8. The van der Waals surface area contributed by atoms with E-state index < -0.39 is 10.0 Å². The van der Waals surface area contributed by atoms with E-state index in [1.807, 2.05) is 0 Å². The van der Waals surface area contributed by atoms with Crippen molar-refractivity contribution in [1.29, 1.82) is 0 Å². The molecule has 0 radical (unpaired) electrons. The first-order valence-corrected chi connectivity index (χ1v) is 7.53. The van der Waals surface area contributed by atoms with Crippen molar-refractivity contribution >= 4 is 15.9 Å². The molecule has 2 N–H and O–H groups in total. The Hall–Kier alpha value is -2.20. The summed E-state index contributed by atoms with van der Waals surface area (Å²) in [6.45, 7) is 0.248. The van der Waals surface area contributed by atoms with Crippen LogP contribution in [0.4, 0.5) is 0 Å². The number of sulfonamides is 1. The minimum atomic E-state index is -3.58. The average Bonchev–Trinajstić information content (AvgIpc) is 3.07. The van der Waals surface area contributed by atoms with Gasteiger partial charge in [-0.3, -0.25) is 9.89 Å². The molecule has 0 atom stereocenters. The van der Waals surface area contributed by atoms with Crippen LogP contribution in [-0.2, 0) is 23.6 Å². The topological polar surface area (TPSA) is 113 Å². The lowest BCUT2D eigenvalue weighted by molar-refractivity contribution is 0.0772. The summed E-state index contributed by atoms with van der Waals surface area (Å²) in [6.07, 6.45) is 2.75. The predicted molar refractivity (Wildman–Crippen MR) is 73.8 cm³/mol. The minimum absolute atomic E-state index is 0.0453. The van der Waals surface area contributed by atoms with E-state index >= 15 is 0 Å². The van der Waals surface area contributed by atoms with E-state index in [-0.39, 0.29) is 23.0 Å². The van der Waals surface area contributed by atoms with Gasteiger partial charge in [0.05, 0.1) is 6.54 Å². The quantitative estimate of drug-likeness (QED) is 0.760. The van der Waals surface area contributed by atoms with Gasteiger partial charge >= 0.3 is 0 Å². The largest absolute Gasteiger partial charge is 0.345 e. The van der Waals surface area contributed by atoms with Crippen LogP contribution in [0.1, 0.15) is 16.3 Å². The van der Waals surface area contributed by atoms with E-state index in [0.29, 0.717) is 5.82 Å². The van der Waals surface area contributed by atoms with Gasteiger partial charge in [0.15, 0.2) is 0 Å². The lowest BCUT2D eigenvalue weighted by atomic mass is 10.3. The summed E-state index contributed by atoms with van der Waals surface area (Å²) in [5.41, 5.74) is 0.269. The van der Waals surface area contributed by atoms with Crippen LogP contribution in [0.5, 0.6) is 0 Å². The van der Waals surface area contributed by atoms with Gasteiger partial charge in [0, 0.05) is 20.3 Å². The Bertz CT molecular complexity index is 734. The van der Waals surface area contributed by atoms with Gasteiger partial charge in [0.2, 0.25) is 10.0 Å². The van der Waals surface area contributed by atoms with E-state index in [2.05, 4.69) is 19.9 Å². The SMILES string of the molecule is CNS(=O)(=O)c1cc(C(=O)N(C)Cc2ncn[nH]2)n(C)c1. The van der Waals surface area contributed by atoms with E-state index in [4.69, 9.17) is 0 Å². The predicted octanol–water partition coefficient (Wildman–Crippen LogP) is -0.676. The van der Waals surface area contributed by atoms with Crippen molar-refractivity contribution in [2.24, 2.45) is 7.05 Å². The molecule has 2 heterocycles. The molecule has 0 saturated heterocycles. The molecule has 0 aromatic carbocycles. The Balaban J connectivity index is 2.23. The number of hydrogen-bond acceptors (Lipinski definition) is 5. The highest BCUT2D eigenvalue weighted by molar-refractivity contribution is 7.89. The fourth-order valence-corrected chi connectivity index (χ4v) is 2.61. The van der Waals surface area contributed by atoms with E-state index in [9.17, 15) is 13.2 Å². The second-order valence-electron chi connectivity index (χ2n) is 4.47. The normalized spacial score (nSPS) is 11.6. The van der Waals surface area contributed by atoms with Crippen LogP contribution >= 0.6 is 0 Å². The van der Waals surface area contributed by atoms with Crippen molar-refractivity contribution in [3.05, 3.63) is 30.1 Å². The maximum Gasteiger partial charge on any atom is 0.270 e. The molecule has 9 nitrogen and oxygen atoms in total. The number of rotatable bonds is 5. The van der Waals surface area contributed by atoms with E-state index in [1.165, 1.54) is 35.1 Å². The number of carbonyl (C=O) groups is 1.